The lowest BCUT2D eigenvalue weighted by Crippen LogP contribution is -2.35. The zero-order valence-electron chi connectivity index (χ0n) is 14.3. The zero-order valence-corrected chi connectivity index (χ0v) is 14.3. The first kappa shape index (κ1) is 15.9. The molecule has 1 N–H and O–H groups in total. The van der Waals surface area contributed by atoms with Crippen LogP contribution in [0.4, 0.5) is 0 Å². The molecule has 1 atom stereocenters. The molecular weight excluding hydrogens is 308 g/mol. The van der Waals surface area contributed by atoms with Crippen LogP contribution >= 0.6 is 0 Å². The van der Waals surface area contributed by atoms with Crippen LogP contribution in [-0.4, -0.2) is 28.2 Å². The van der Waals surface area contributed by atoms with E-state index in [1.54, 1.807) is 0 Å². The molecule has 0 aliphatic carbocycles. The summed E-state index contributed by atoms with van der Waals surface area (Å²) in [5.41, 5.74) is 4.53. The summed E-state index contributed by atoms with van der Waals surface area (Å²) >= 11 is 0. The Hall–Kier alpha value is -2.64. The summed E-state index contributed by atoms with van der Waals surface area (Å²) in [4.78, 5) is 2.55. The van der Waals surface area contributed by atoms with Crippen LogP contribution in [0.1, 0.15) is 29.5 Å². The maximum atomic E-state index is 8.91. The maximum absolute atomic E-state index is 8.91. The summed E-state index contributed by atoms with van der Waals surface area (Å²) < 4.78 is 0. The second kappa shape index (κ2) is 7.08. The Morgan fingerprint density at radius 1 is 1.16 bits per heavy atom. The van der Waals surface area contributed by atoms with E-state index in [1.165, 1.54) is 29.4 Å². The van der Waals surface area contributed by atoms with E-state index < -0.39 is 0 Å². The molecule has 2 aromatic carbocycles. The predicted molar refractivity (Wildman–Crippen MR) is 99.0 cm³/mol. The van der Waals surface area contributed by atoms with Crippen molar-refractivity contribution in [3.8, 4) is 6.07 Å². The highest BCUT2D eigenvalue weighted by atomic mass is 15.1. The average Bonchev–Trinajstić information content (AvgIpc) is 3.10. The minimum atomic E-state index is 0.705. The minimum Gasteiger partial charge on any atom is -0.299 e. The van der Waals surface area contributed by atoms with Gasteiger partial charge in [0.15, 0.2) is 0 Å². The zero-order chi connectivity index (χ0) is 17.1. The minimum absolute atomic E-state index is 0.705. The van der Waals surface area contributed by atoms with Gasteiger partial charge in [-0.2, -0.15) is 10.4 Å². The monoisotopic (exact) mass is 330 g/mol. The van der Waals surface area contributed by atoms with Crippen molar-refractivity contribution in [1.29, 1.82) is 5.26 Å². The number of nitriles is 1. The number of nitrogens with one attached hydrogen (secondary N) is 1. The van der Waals surface area contributed by atoms with Gasteiger partial charge in [-0.1, -0.05) is 18.2 Å². The van der Waals surface area contributed by atoms with E-state index in [0.717, 1.165) is 37.1 Å². The van der Waals surface area contributed by atoms with E-state index >= 15 is 0 Å². The van der Waals surface area contributed by atoms with Crippen molar-refractivity contribution in [1.82, 2.24) is 15.1 Å². The highest BCUT2D eigenvalue weighted by molar-refractivity contribution is 5.78. The number of hydrogen-bond donors (Lipinski definition) is 1. The van der Waals surface area contributed by atoms with Gasteiger partial charge in [-0.15, -0.1) is 0 Å². The number of piperidine rings is 1. The lowest BCUT2D eigenvalue weighted by molar-refractivity contribution is 0.167. The van der Waals surface area contributed by atoms with Gasteiger partial charge in [-0.3, -0.25) is 10.00 Å². The second-order valence-corrected chi connectivity index (χ2v) is 7.05. The van der Waals surface area contributed by atoms with Crippen LogP contribution in [0.25, 0.3) is 10.9 Å². The van der Waals surface area contributed by atoms with Gasteiger partial charge in [-0.25, -0.2) is 0 Å². The molecule has 3 aromatic rings. The number of likely N-dealkylation sites (tertiary alicyclic amines) is 1. The van der Waals surface area contributed by atoms with Crippen molar-refractivity contribution in [2.24, 2.45) is 5.92 Å². The van der Waals surface area contributed by atoms with Crippen LogP contribution < -0.4 is 0 Å². The highest BCUT2D eigenvalue weighted by Crippen LogP contribution is 2.24. The van der Waals surface area contributed by atoms with E-state index in [1.807, 2.05) is 18.3 Å². The Morgan fingerprint density at radius 3 is 2.84 bits per heavy atom. The molecule has 1 unspecified atom stereocenters. The van der Waals surface area contributed by atoms with E-state index in [4.69, 9.17) is 5.26 Å². The molecule has 0 radical (unpaired) electrons. The van der Waals surface area contributed by atoms with Gasteiger partial charge in [0, 0.05) is 18.5 Å². The number of nitrogens with zero attached hydrogens (tertiary/aromatic N) is 3. The molecule has 1 fully saturated rings. The van der Waals surface area contributed by atoms with Crippen molar-refractivity contribution in [2.45, 2.75) is 25.8 Å². The van der Waals surface area contributed by atoms with Crippen molar-refractivity contribution in [2.75, 3.05) is 13.1 Å². The molecule has 126 valence electrons. The molecule has 4 heteroatoms. The average molecular weight is 330 g/mol. The third kappa shape index (κ3) is 3.72. The first-order valence-corrected chi connectivity index (χ1v) is 8.93. The normalized spacial score (nSPS) is 18.3. The van der Waals surface area contributed by atoms with Gasteiger partial charge >= 0.3 is 0 Å². The van der Waals surface area contributed by atoms with E-state index in [-0.39, 0.29) is 0 Å². The number of rotatable bonds is 4. The molecule has 4 nitrogen and oxygen atoms in total. The number of aromatic nitrogens is 2. The predicted octanol–water partition coefficient (Wildman–Crippen LogP) is 3.89. The number of benzene rings is 2. The fraction of sp³-hybridized carbons (Fsp3) is 0.333. The van der Waals surface area contributed by atoms with Crippen LogP contribution in [0, 0.1) is 17.2 Å². The van der Waals surface area contributed by atoms with Crippen molar-refractivity contribution in [3.05, 3.63) is 65.4 Å². The number of H-pyrrole nitrogens is 1. The summed E-state index contributed by atoms with van der Waals surface area (Å²) in [5, 5.41) is 17.2. The van der Waals surface area contributed by atoms with Gasteiger partial charge < -0.3 is 0 Å². The molecule has 25 heavy (non-hydrogen) atoms. The molecule has 0 spiro atoms. The largest absolute Gasteiger partial charge is 0.299 e. The lowest BCUT2D eigenvalue weighted by Gasteiger charge is -2.33. The van der Waals surface area contributed by atoms with Gasteiger partial charge in [0.2, 0.25) is 0 Å². The van der Waals surface area contributed by atoms with Crippen LogP contribution in [-0.2, 0) is 13.0 Å². The van der Waals surface area contributed by atoms with E-state index in [0.29, 0.717) is 5.92 Å². The van der Waals surface area contributed by atoms with Crippen molar-refractivity contribution in [3.63, 3.8) is 0 Å². The van der Waals surface area contributed by atoms with Crippen LogP contribution in [0.3, 0.4) is 0 Å². The summed E-state index contributed by atoms with van der Waals surface area (Å²) in [7, 11) is 0. The molecule has 0 amide bonds. The maximum Gasteiger partial charge on any atom is 0.0991 e. The van der Waals surface area contributed by atoms with Gasteiger partial charge in [0.25, 0.3) is 0 Å². The van der Waals surface area contributed by atoms with Gasteiger partial charge in [-0.05, 0) is 67.1 Å². The molecule has 1 aliphatic rings. The van der Waals surface area contributed by atoms with Crippen LogP contribution in [0.2, 0.25) is 0 Å². The van der Waals surface area contributed by atoms with Crippen molar-refractivity contribution >= 4 is 10.9 Å². The highest BCUT2D eigenvalue weighted by Gasteiger charge is 2.20. The molecule has 4 rings (SSSR count). The summed E-state index contributed by atoms with van der Waals surface area (Å²) in [6, 6.07) is 16.8. The summed E-state index contributed by atoms with van der Waals surface area (Å²) in [5.74, 6) is 0.705. The molecule has 1 saturated heterocycles. The van der Waals surface area contributed by atoms with Crippen LogP contribution in [0.15, 0.2) is 48.7 Å². The Kier molecular flexibility index (Phi) is 4.49. The molecule has 2 heterocycles. The molecule has 1 aromatic heterocycles. The lowest BCUT2D eigenvalue weighted by atomic mass is 9.90. The van der Waals surface area contributed by atoms with Gasteiger partial charge in [0.05, 0.1) is 23.3 Å². The molecule has 0 saturated carbocycles. The Morgan fingerprint density at radius 2 is 2.00 bits per heavy atom. The molecule has 1 aliphatic heterocycles. The van der Waals surface area contributed by atoms with E-state index in [2.05, 4.69) is 51.5 Å². The standard InChI is InChI=1S/C21H22N4/c22-12-16-3-5-17(6-4-16)14-25-9-1-2-19(15-25)10-18-7-8-21-20(11-18)13-23-24-21/h3-8,11,13,19H,1-2,9-10,14-15H2,(H,23,24). The molecule has 0 bridgehead atoms. The fourth-order valence-electron chi connectivity index (χ4n) is 3.86. The van der Waals surface area contributed by atoms with Crippen molar-refractivity contribution < 1.29 is 0 Å². The smallest absolute Gasteiger partial charge is 0.0991 e. The summed E-state index contributed by atoms with van der Waals surface area (Å²) in [6.45, 7) is 3.28. The Balaban J connectivity index is 1.39. The third-order valence-electron chi connectivity index (χ3n) is 5.12. The molecular formula is C21H22N4. The summed E-state index contributed by atoms with van der Waals surface area (Å²) in [6.07, 6.45) is 5.59. The number of aromatic amines is 1. The first-order valence-electron chi connectivity index (χ1n) is 8.93. The third-order valence-corrected chi connectivity index (χ3v) is 5.12. The fourth-order valence-corrected chi connectivity index (χ4v) is 3.86. The van der Waals surface area contributed by atoms with E-state index in [9.17, 15) is 0 Å². The Bertz CT molecular complexity index is 888. The number of fused-ring (bicyclic) bond motifs is 1. The second-order valence-electron chi connectivity index (χ2n) is 7.05. The topological polar surface area (TPSA) is 55.7 Å². The van der Waals surface area contributed by atoms with Crippen LogP contribution in [0.5, 0.6) is 0 Å². The number of hydrogen-bond acceptors (Lipinski definition) is 3. The quantitative estimate of drug-likeness (QED) is 0.789. The SMILES string of the molecule is N#Cc1ccc(CN2CCCC(Cc3ccc4[nH]ncc4c3)C2)cc1. The Labute approximate surface area is 148 Å². The van der Waals surface area contributed by atoms with Gasteiger partial charge in [0.1, 0.15) is 0 Å². The first-order chi connectivity index (χ1) is 12.3.